The van der Waals surface area contributed by atoms with E-state index in [2.05, 4.69) is 0 Å². The zero-order chi connectivity index (χ0) is 23.7. The Kier molecular flexibility index (Phi) is 5.87. The quantitative estimate of drug-likeness (QED) is 0.515. The van der Waals surface area contributed by atoms with Crippen LogP contribution in [-0.2, 0) is 9.47 Å². The number of carbonyl (C=O) groups excluding carboxylic acids is 2. The monoisotopic (exact) mass is 454 g/mol. The van der Waals surface area contributed by atoms with Gasteiger partial charge in [0.25, 0.3) is 0 Å². The highest BCUT2D eigenvalue weighted by molar-refractivity contribution is 6.16. The normalized spacial score (nSPS) is 11.8. The number of methoxy groups -OCH3 is 5. The molecule has 0 saturated carbocycles. The van der Waals surface area contributed by atoms with Gasteiger partial charge in [0.05, 0.1) is 46.7 Å². The van der Waals surface area contributed by atoms with Crippen molar-refractivity contribution in [3.63, 3.8) is 0 Å². The Hall–Kier alpha value is -4.14. The molecule has 0 atom stereocenters. The van der Waals surface area contributed by atoms with Crippen LogP contribution in [0.15, 0.2) is 30.3 Å². The van der Waals surface area contributed by atoms with Crippen LogP contribution in [0.25, 0.3) is 21.9 Å². The number of hydrogen-bond acceptors (Lipinski definition) is 9. The topological polar surface area (TPSA) is 98.8 Å². The average molecular weight is 454 g/mol. The first-order valence-electron chi connectivity index (χ1n) is 9.84. The maximum absolute atomic E-state index is 13.0. The van der Waals surface area contributed by atoms with Crippen molar-refractivity contribution < 1.29 is 42.7 Å². The number of fused-ring (bicyclic) bond motifs is 2. The maximum atomic E-state index is 13.0. The van der Waals surface area contributed by atoms with Gasteiger partial charge in [0.1, 0.15) is 0 Å². The van der Waals surface area contributed by atoms with Gasteiger partial charge in [0, 0.05) is 5.56 Å². The van der Waals surface area contributed by atoms with E-state index in [9.17, 15) is 9.59 Å². The number of hydrogen-bond donors (Lipinski definition) is 0. The predicted octanol–water partition coefficient (Wildman–Crippen LogP) is 3.83. The molecule has 0 radical (unpaired) electrons. The molecular weight excluding hydrogens is 432 g/mol. The van der Waals surface area contributed by atoms with Gasteiger partial charge in [-0.1, -0.05) is 0 Å². The van der Waals surface area contributed by atoms with E-state index >= 15 is 0 Å². The molecule has 0 aliphatic carbocycles. The minimum absolute atomic E-state index is 0.0324. The van der Waals surface area contributed by atoms with Gasteiger partial charge >= 0.3 is 11.9 Å². The van der Waals surface area contributed by atoms with Crippen LogP contribution in [-0.4, -0.2) is 54.3 Å². The van der Waals surface area contributed by atoms with E-state index in [4.69, 9.17) is 33.2 Å². The van der Waals surface area contributed by atoms with Crippen LogP contribution in [0, 0.1) is 0 Å². The molecule has 172 valence electrons. The highest BCUT2D eigenvalue weighted by Gasteiger charge is 2.29. The van der Waals surface area contributed by atoms with Gasteiger partial charge in [-0.05, 0) is 46.7 Å². The molecule has 3 aromatic rings. The third-order valence-corrected chi connectivity index (χ3v) is 5.38. The van der Waals surface area contributed by atoms with E-state index in [1.165, 1.54) is 35.5 Å². The predicted molar refractivity (Wildman–Crippen MR) is 118 cm³/mol. The van der Waals surface area contributed by atoms with Crippen molar-refractivity contribution in [2.75, 3.05) is 42.3 Å². The number of rotatable bonds is 6. The lowest BCUT2D eigenvalue weighted by atomic mass is 9.89. The van der Waals surface area contributed by atoms with Crippen LogP contribution >= 0.6 is 0 Å². The lowest BCUT2D eigenvalue weighted by Crippen LogP contribution is -2.14. The van der Waals surface area contributed by atoms with E-state index < -0.39 is 11.9 Å². The second kappa shape index (κ2) is 8.78. The zero-order valence-electron chi connectivity index (χ0n) is 18.8. The third kappa shape index (κ3) is 3.61. The lowest BCUT2D eigenvalue weighted by molar-refractivity contribution is 0.0556. The van der Waals surface area contributed by atoms with Crippen molar-refractivity contribution in [3.8, 4) is 39.9 Å². The molecule has 4 rings (SSSR count). The Bertz CT molecular complexity index is 1240. The summed E-state index contributed by atoms with van der Waals surface area (Å²) in [6.45, 7) is 0.0683. The average Bonchev–Trinajstić information content (AvgIpc) is 3.31. The molecule has 9 nitrogen and oxygen atoms in total. The largest absolute Gasteiger partial charge is 0.493 e. The summed E-state index contributed by atoms with van der Waals surface area (Å²) in [6.07, 6.45) is 0. The fourth-order valence-electron chi connectivity index (χ4n) is 3.90. The lowest BCUT2D eigenvalue weighted by Gasteiger charge is -2.19. The molecule has 33 heavy (non-hydrogen) atoms. The molecule has 0 unspecified atom stereocenters. The van der Waals surface area contributed by atoms with Gasteiger partial charge in [0.2, 0.25) is 12.5 Å². The summed E-state index contributed by atoms with van der Waals surface area (Å²) in [4.78, 5) is 25.7. The van der Waals surface area contributed by atoms with Crippen molar-refractivity contribution in [3.05, 3.63) is 41.5 Å². The van der Waals surface area contributed by atoms with Crippen molar-refractivity contribution >= 4 is 22.7 Å². The van der Waals surface area contributed by atoms with Crippen molar-refractivity contribution in [2.24, 2.45) is 0 Å². The van der Waals surface area contributed by atoms with Crippen LogP contribution in [0.5, 0.6) is 28.7 Å². The second-order valence-electron chi connectivity index (χ2n) is 7.00. The number of esters is 2. The first kappa shape index (κ1) is 22.1. The van der Waals surface area contributed by atoms with E-state index in [1.54, 1.807) is 30.3 Å². The molecule has 9 heteroatoms. The summed E-state index contributed by atoms with van der Waals surface area (Å²) in [5, 5.41) is 1.26. The summed E-state index contributed by atoms with van der Waals surface area (Å²) in [5.41, 5.74) is 1.02. The summed E-state index contributed by atoms with van der Waals surface area (Å²) in [5.74, 6) is 0.773. The van der Waals surface area contributed by atoms with Crippen LogP contribution in [0.2, 0.25) is 0 Å². The van der Waals surface area contributed by atoms with Crippen molar-refractivity contribution in [1.29, 1.82) is 0 Å². The minimum Gasteiger partial charge on any atom is -0.493 e. The minimum atomic E-state index is -0.710. The standard InChI is InChI=1S/C24H22O9/c1-27-18-8-13(9-19(28-2)22(18)29-3)20-14-10-17-16(32-11-33-17)7-12(14)6-15(23(25)30-4)21(20)24(26)31-5/h6-10H,11H2,1-5H3. The van der Waals surface area contributed by atoms with Crippen molar-refractivity contribution in [1.82, 2.24) is 0 Å². The molecule has 1 aliphatic rings. The zero-order valence-corrected chi connectivity index (χ0v) is 18.8. The van der Waals surface area contributed by atoms with Crippen molar-refractivity contribution in [2.45, 2.75) is 0 Å². The summed E-state index contributed by atoms with van der Waals surface area (Å²) in [6, 6.07) is 8.44. The second-order valence-corrected chi connectivity index (χ2v) is 7.00. The first-order valence-corrected chi connectivity index (χ1v) is 9.84. The molecular formula is C24H22O9. The molecule has 0 fully saturated rings. The summed E-state index contributed by atoms with van der Waals surface area (Å²) >= 11 is 0. The van der Waals surface area contributed by atoms with Gasteiger partial charge < -0.3 is 33.2 Å². The fraction of sp³-hybridized carbons (Fsp3) is 0.250. The van der Waals surface area contributed by atoms with E-state index in [1.807, 2.05) is 0 Å². The van der Waals surface area contributed by atoms with E-state index in [0.29, 0.717) is 50.6 Å². The Labute approximate surface area is 189 Å². The SMILES string of the molecule is COC(=O)c1cc2cc3c(cc2c(-c2cc(OC)c(OC)c(OC)c2)c1C(=O)OC)OCO3. The molecule has 0 amide bonds. The van der Waals surface area contributed by atoms with Gasteiger partial charge in [-0.25, -0.2) is 9.59 Å². The highest BCUT2D eigenvalue weighted by atomic mass is 16.7. The van der Waals surface area contributed by atoms with Crippen LogP contribution in [0.1, 0.15) is 20.7 Å². The maximum Gasteiger partial charge on any atom is 0.339 e. The van der Waals surface area contributed by atoms with Crippen LogP contribution in [0.3, 0.4) is 0 Å². The first-order chi connectivity index (χ1) is 16.0. The summed E-state index contributed by atoms with van der Waals surface area (Å²) < 4.78 is 37.5. The van der Waals surface area contributed by atoms with E-state index in [-0.39, 0.29) is 17.9 Å². The third-order valence-electron chi connectivity index (χ3n) is 5.38. The van der Waals surface area contributed by atoms with E-state index in [0.717, 1.165) is 0 Å². The van der Waals surface area contributed by atoms with Gasteiger partial charge in [-0.15, -0.1) is 0 Å². The van der Waals surface area contributed by atoms with Crippen LogP contribution in [0.4, 0.5) is 0 Å². The van der Waals surface area contributed by atoms with Gasteiger partial charge in [-0.3, -0.25) is 0 Å². The number of carbonyl (C=O) groups is 2. The van der Waals surface area contributed by atoms with Gasteiger partial charge in [-0.2, -0.15) is 0 Å². The summed E-state index contributed by atoms with van der Waals surface area (Å²) in [7, 11) is 6.96. The molecule has 1 heterocycles. The Morgan fingerprint density at radius 1 is 0.758 bits per heavy atom. The molecule has 0 N–H and O–H groups in total. The molecule has 0 aromatic heterocycles. The Morgan fingerprint density at radius 3 is 1.91 bits per heavy atom. The molecule has 0 bridgehead atoms. The molecule has 1 aliphatic heterocycles. The van der Waals surface area contributed by atoms with Gasteiger partial charge in [0.15, 0.2) is 23.0 Å². The highest BCUT2D eigenvalue weighted by Crippen LogP contribution is 2.46. The smallest absolute Gasteiger partial charge is 0.339 e. The number of ether oxygens (including phenoxy) is 7. The number of benzene rings is 3. The van der Waals surface area contributed by atoms with Crippen LogP contribution < -0.4 is 23.7 Å². The molecule has 0 spiro atoms. The Balaban J connectivity index is 2.18. The Morgan fingerprint density at radius 2 is 1.36 bits per heavy atom. The fourth-order valence-corrected chi connectivity index (χ4v) is 3.90. The molecule has 0 saturated heterocycles. The molecule has 3 aromatic carbocycles.